The molecule has 1 aromatic carbocycles. The second kappa shape index (κ2) is 4.37. The van der Waals surface area contributed by atoms with Crippen molar-refractivity contribution in [1.82, 2.24) is 0 Å². The van der Waals surface area contributed by atoms with Crippen LogP contribution in [-0.2, 0) is 0 Å². The second-order valence-electron chi connectivity index (χ2n) is 3.20. The molecular weight excluding hydrogens is 166 g/mol. The van der Waals surface area contributed by atoms with Crippen LogP contribution in [0.25, 0.3) is 0 Å². The van der Waals surface area contributed by atoms with Gasteiger partial charge in [-0.2, -0.15) is 0 Å². The van der Waals surface area contributed by atoms with Crippen molar-refractivity contribution in [2.75, 3.05) is 6.61 Å². The zero-order valence-corrected chi connectivity index (χ0v) is 7.64. The number of aliphatic hydroxyl groups excluding tert-OH is 2. The van der Waals surface area contributed by atoms with Gasteiger partial charge >= 0.3 is 0 Å². The lowest BCUT2D eigenvalue weighted by atomic mass is 10.0. The Kier molecular flexibility index (Phi) is 3.42. The Hall–Kier alpha value is -0.900. The van der Waals surface area contributed by atoms with E-state index in [1.54, 1.807) is 0 Å². The monoisotopic (exact) mass is 181 g/mol. The maximum Gasteiger partial charge on any atom is 0.0963 e. The van der Waals surface area contributed by atoms with E-state index in [0.29, 0.717) is 0 Å². The Balaban J connectivity index is 2.77. The van der Waals surface area contributed by atoms with Gasteiger partial charge in [-0.15, -0.1) is 0 Å². The third-order valence-electron chi connectivity index (χ3n) is 2.04. The standard InChI is InChI=1S/C10H15NO2/c1-7-2-4-8(5-3-7)10(13)9(11)6-12/h2-5,9-10,12-13H,6,11H2,1H3. The molecule has 13 heavy (non-hydrogen) atoms. The van der Waals surface area contributed by atoms with E-state index in [2.05, 4.69) is 0 Å². The van der Waals surface area contributed by atoms with Crippen LogP contribution < -0.4 is 5.73 Å². The molecule has 0 aliphatic heterocycles. The number of aliphatic hydroxyl groups is 2. The van der Waals surface area contributed by atoms with Crippen LogP contribution in [0, 0.1) is 6.92 Å². The highest BCUT2D eigenvalue weighted by molar-refractivity contribution is 5.23. The first kappa shape index (κ1) is 10.2. The molecule has 0 amide bonds. The van der Waals surface area contributed by atoms with Gasteiger partial charge in [0.15, 0.2) is 0 Å². The maximum atomic E-state index is 9.59. The molecule has 0 radical (unpaired) electrons. The predicted octanol–water partition coefficient (Wildman–Crippen LogP) is 0.348. The summed E-state index contributed by atoms with van der Waals surface area (Å²) < 4.78 is 0. The van der Waals surface area contributed by atoms with Crippen LogP contribution in [-0.4, -0.2) is 22.9 Å². The molecular formula is C10H15NO2. The molecule has 1 rings (SSSR count). The molecule has 3 heteroatoms. The van der Waals surface area contributed by atoms with Crippen molar-refractivity contribution in [3.05, 3.63) is 35.4 Å². The number of hydrogen-bond donors (Lipinski definition) is 3. The van der Waals surface area contributed by atoms with Crippen LogP contribution >= 0.6 is 0 Å². The van der Waals surface area contributed by atoms with E-state index in [9.17, 15) is 5.11 Å². The van der Waals surface area contributed by atoms with Gasteiger partial charge in [-0.3, -0.25) is 0 Å². The summed E-state index contributed by atoms with van der Waals surface area (Å²) in [5.41, 5.74) is 7.36. The number of rotatable bonds is 3. The maximum absolute atomic E-state index is 9.59. The third-order valence-corrected chi connectivity index (χ3v) is 2.04. The molecule has 72 valence electrons. The summed E-state index contributed by atoms with van der Waals surface area (Å²) in [5.74, 6) is 0. The van der Waals surface area contributed by atoms with Crippen LogP contribution in [0.4, 0.5) is 0 Å². The lowest BCUT2D eigenvalue weighted by Gasteiger charge is -2.16. The van der Waals surface area contributed by atoms with Crippen molar-refractivity contribution in [3.8, 4) is 0 Å². The van der Waals surface area contributed by atoms with Crippen LogP contribution in [0.3, 0.4) is 0 Å². The highest BCUT2D eigenvalue weighted by Gasteiger charge is 2.14. The van der Waals surface area contributed by atoms with E-state index in [-0.39, 0.29) is 6.61 Å². The number of aryl methyl sites for hydroxylation is 1. The van der Waals surface area contributed by atoms with Crippen molar-refractivity contribution in [3.63, 3.8) is 0 Å². The number of hydrogen-bond acceptors (Lipinski definition) is 3. The lowest BCUT2D eigenvalue weighted by molar-refractivity contribution is 0.109. The van der Waals surface area contributed by atoms with Crippen LogP contribution in [0.1, 0.15) is 17.2 Å². The molecule has 0 heterocycles. The van der Waals surface area contributed by atoms with Crippen molar-refractivity contribution in [2.24, 2.45) is 5.73 Å². The Bertz CT molecular complexity index is 258. The summed E-state index contributed by atoms with van der Waals surface area (Å²) in [4.78, 5) is 0. The fraction of sp³-hybridized carbons (Fsp3) is 0.400. The third kappa shape index (κ3) is 2.52. The van der Waals surface area contributed by atoms with E-state index in [1.165, 1.54) is 0 Å². The molecule has 2 unspecified atom stereocenters. The van der Waals surface area contributed by atoms with Gasteiger partial charge < -0.3 is 15.9 Å². The molecule has 0 aromatic heterocycles. The molecule has 0 aliphatic rings. The number of benzene rings is 1. The van der Waals surface area contributed by atoms with Crippen molar-refractivity contribution in [1.29, 1.82) is 0 Å². The highest BCUT2D eigenvalue weighted by Crippen LogP contribution is 2.15. The Labute approximate surface area is 77.8 Å². The van der Waals surface area contributed by atoms with E-state index in [1.807, 2.05) is 31.2 Å². The van der Waals surface area contributed by atoms with E-state index in [4.69, 9.17) is 10.8 Å². The Morgan fingerprint density at radius 3 is 2.31 bits per heavy atom. The summed E-state index contributed by atoms with van der Waals surface area (Å²) in [5, 5.41) is 18.3. The predicted molar refractivity (Wildman–Crippen MR) is 51.2 cm³/mol. The lowest BCUT2D eigenvalue weighted by Crippen LogP contribution is -2.31. The van der Waals surface area contributed by atoms with Crippen molar-refractivity contribution >= 4 is 0 Å². The molecule has 0 saturated carbocycles. The molecule has 4 N–H and O–H groups in total. The molecule has 0 spiro atoms. The summed E-state index contributed by atoms with van der Waals surface area (Å²) in [6.45, 7) is 1.76. The second-order valence-corrected chi connectivity index (χ2v) is 3.20. The first-order valence-corrected chi connectivity index (χ1v) is 4.26. The van der Waals surface area contributed by atoms with E-state index in [0.717, 1.165) is 11.1 Å². The zero-order valence-electron chi connectivity index (χ0n) is 7.64. The minimum Gasteiger partial charge on any atom is -0.395 e. The topological polar surface area (TPSA) is 66.5 Å². The van der Waals surface area contributed by atoms with Gasteiger partial charge in [0.05, 0.1) is 18.8 Å². The first-order valence-electron chi connectivity index (χ1n) is 4.26. The Morgan fingerprint density at radius 2 is 1.85 bits per heavy atom. The van der Waals surface area contributed by atoms with Crippen LogP contribution in [0.5, 0.6) is 0 Å². The van der Waals surface area contributed by atoms with E-state index >= 15 is 0 Å². The van der Waals surface area contributed by atoms with Gasteiger partial charge in [0.25, 0.3) is 0 Å². The average Bonchev–Trinajstić information content (AvgIpc) is 2.17. The molecule has 0 saturated heterocycles. The zero-order chi connectivity index (χ0) is 9.84. The Morgan fingerprint density at radius 1 is 1.31 bits per heavy atom. The van der Waals surface area contributed by atoms with E-state index < -0.39 is 12.1 Å². The normalized spacial score (nSPS) is 15.4. The summed E-state index contributed by atoms with van der Waals surface area (Å²) in [7, 11) is 0. The fourth-order valence-corrected chi connectivity index (χ4v) is 1.11. The van der Waals surface area contributed by atoms with Gasteiger partial charge in [0, 0.05) is 0 Å². The molecule has 3 nitrogen and oxygen atoms in total. The highest BCUT2D eigenvalue weighted by atomic mass is 16.3. The van der Waals surface area contributed by atoms with Crippen LogP contribution in [0.2, 0.25) is 0 Å². The fourth-order valence-electron chi connectivity index (χ4n) is 1.11. The summed E-state index contributed by atoms with van der Waals surface area (Å²) in [6, 6.07) is 6.83. The van der Waals surface area contributed by atoms with Gasteiger partial charge in [-0.25, -0.2) is 0 Å². The van der Waals surface area contributed by atoms with Crippen molar-refractivity contribution < 1.29 is 10.2 Å². The quantitative estimate of drug-likeness (QED) is 0.630. The molecule has 0 aliphatic carbocycles. The van der Waals surface area contributed by atoms with Gasteiger partial charge in [0.2, 0.25) is 0 Å². The molecule has 0 fully saturated rings. The number of nitrogens with two attached hydrogens (primary N) is 1. The largest absolute Gasteiger partial charge is 0.395 e. The molecule has 2 atom stereocenters. The minimum absolute atomic E-state index is 0.213. The average molecular weight is 181 g/mol. The minimum atomic E-state index is -0.786. The SMILES string of the molecule is Cc1ccc(C(O)C(N)CO)cc1. The molecule has 0 bridgehead atoms. The van der Waals surface area contributed by atoms with Crippen molar-refractivity contribution in [2.45, 2.75) is 19.1 Å². The van der Waals surface area contributed by atoms with Gasteiger partial charge in [0.1, 0.15) is 0 Å². The summed E-state index contributed by atoms with van der Waals surface area (Å²) >= 11 is 0. The smallest absolute Gasteiger partial charge is 0.0963 e. The van der Waals surface area contributed by atoms with Crippen LogP contribution in [0.15, 0.2) is 24.3 Å². The van der Waals surface area contributed by atoms with Gasteiger partial charge in [-0.1, -0.05) is 29.8 Å². The van der Waals surface area contributed by atoms with Gasteiger partial charge in [-0.05, 0) is 12.5 Å². The first-order chi connectivity index (χ1) is 6.15. The molecule has 1 aromatic rings. The summed E-state index contributed by atoms with van der Waals surface area (Å²) in [6.07, 6.45) is -0.786.